The average molecular weight is 278 g/mol. The molecule has 1 aromatic rings. The minimum atomic E-state index is -0.956. The number of nitrogens with zero attached hydrogens (tertiary/aromatic N) is 1. The number of rotatable bonds is 4. The Morgan fingerprint density at radius 3 is 2.80 bits per heavy atom. The third kappa shape index (κ3) is 3.27. The maximum atomic E-state index is 12.2. The molecule has 0 fully saturated rings. The van der Waals surface area contributed by atoms with Crippen LogP contribution in [-0.4, -0.2) is 39.6 Å². The van der Waals surface area contributed by atoms with E-state index in [1.54, 1.807) is 17.0 Å². The van der Waals surface area contributed by atoms with E-state index in [9.17, 15) is 14.7 Å². The van der Waals surface area contributed by atoms with Crippen molar-refractivity contribution in [1.29, 1.82) is 0 Å². The largest absolute Gasteiger partial charge is 0.508 e. The van der Waals surface area contributed by atoms with Gasteiger partial charge in [-0.2, -0.15) is 0 Å². The van der Waals surface area contributed by atoms with E-state index in [1.807, 2.05) is 6.07 Å². The second-order valence-corrected chi connectivity index (χ2v) is 5.00. The van der Waals surface area contributed by atoms with Gasteiger partial charge in [0.05, 0.1) is 6.04 Å². The molecule has 0 radical (unpaired) electrons. The van der Waals surface area contributed by atoms with E-state index in [1.165, 1.54) is 0 Å². The molecule has 6 nitrogen and oxygen atoms in total. The van der Waals surface area contributed by atoms with Gasteiger partial charge >= 0.3 is 5.97 Å². The molecule has 1 unspecified atom stereocenters. The van der Waals surface area contributed by atoms with Gasteiger partial charge in [0.15, 0.2) is 0 Å². The fourth-order valence-electron chi connectivity index (χ4n) is 2.37. The van der Waals surface area contributed by atoms with Gasteiger partial charge in [-0.25, -0.2) is 0 Å². The lowest BCUT2D eigenvalue weighted by Crippen LogP contribution is -2.46. The van der Waals surface area contributed by atoms with Crippen LogP contribution in [0, 0.1) is 0 Å². The van der Waals surface area contributed by atoms with Gasteiger partial charge < -0.3 is 20.8 Å². The molecule has 6 heteroatoms. The van der Waals surface area contributed by atoms with E-state index in [0.29, 0.717) is 19.5 Å². The highest BCUT2D eigenvalue weighted by Crippen LogP contribution is 2.23. The number of amides is 1. The van der Waals surface area contributed by atoms with E-state index in [2.05, 4.69) is 0 Å². The van der Waals surface area contributed by atoms with Crippen molar-refractivity contribution in [1.82, 2.24) is 4.90 Å². The fourth-order valence-corrected chi connectivity index (χ4v) is 2.37. The number of aromatic hydroxyl groups is 1. The lowest BCUT2D eigenvalue weighted by atomic mass is 9.98. The summed E-state index contributed by atoms with van der Waals surface area (Å²) in [6.07, 6.45) is 0.739. The number of benzene rings is 1. The number of carboxylic acid groups (broad SMARTS) is 1. The molecule has 0 saturated heterocycles. The zero-order chi connectivity index (χ0) is 14.7. The van der Waals surface area contributed by atoms with Gasteiger partial charge in [0, 0.05) is 19.5 Å². The first-order valence-electron chi connectivity index (χ1n) is 6.54. The molecule has 20 heavy (non-hydrogen) atoms. The molecule has 1 aliphatic heterocycles. The van der Waals surface area contributed by atoms with Crippen LogP contribution in [0.1, 0.15) is 24.0 Å². The van der Waals surface area contributed by atoms with Gasteiger partial charge in [-0.1, -0.05) is 6.07 Å². The predicted molar refractivity (Wildman–Crippen MR) is 72.1 cm³/mol. The van der Waals surface area contributed by atoms with Gasteiger partial charge in [0.2, 0.25) is 5.91 Å². The van der Waals surface area contributed by atoms with Crippen molar-refractivity contribution in [3.63, 3.8) is 0 Å². The monoisotopic (exact) mass is 278 g/mol. The van der Waals surface area contributed by atoms with Crippen LogP contribution in [0.15, 0.2) is 18.2 Å². The number of hydrogen-bond donors (Lipinski definition) is 3. The van der Waals surface area contributed by atoms with Gasteiger partial charge in [-0.05, 0) is 36.1 Å². The Morgan fingerprint density at radius 2 is 2.10 bits per heavy atom. The van der Waals surface area contributed by atoms with Crippen molar-refractivity contribution >= 4 is 11.9 Å². The molecule has 4 N–H and O–H groups in total. The maximum Gasteiger partial charge on any atom is 0.303 e. The lowest BCUT2D eigenvalue weighted by Gasteiger charge is -2.30. The number of carboxylic acids is 1. The van der Waals surface area contributed by atoms with Gasteiger partial charge in [-0.15, -0.1) is 0 Å². The summed E-state index contributed by atoms with van der Waals surface area (Å²) in [6.45, 7) is 0.973. The summed E-state index contributed by atoms with van der Waals surface area (Å²) >= 11 is 0. The molecule has 0 saturated carbocycles. The smallest absolute Gasteiger partial charge is 0.303 e. The van der Waals surface area contributed by atoms with E-state index in [4.69, 9.17) is 10.8 Å². The Morgan fingerprint density at radius 1 is 1.35 bits per heavy atom. The molecule has 1 aromatic carbocycles. The predicted octanol–water partition coefficient (Wildman–Crippen LogP) is 0.469. The van der Waals surface area contributed by atoms with Gasteiger partial charge in [-0.3, -0.25) is 9.59 Å². The minimum Gasteiger partial charge on any atom is -0.508 e. The SMILES string of the molecule is NC(CCC(=O)O)C(=O)N1CCc2ccc(O)cc2C1. The molecular weight excluding hydrogens is 260 g/mol. The van der Waals surface area contributed by atoms with E-state index in [-0.39, 0.29) is 24.5 Å². The number of fused-ring (bicyclic) bond motifs is 1. The van der Waals surface area contributed by atoms with Crippen molar-refractivity contribution in [3.8, 4) is 5.75 Å². The Bertz CT molecular complexity index is 530. The molecule has 0 aliphatic carbocycles. The summed E-state index contributed by atoms with van der Waals surface area (Å²) in [5.74, 6) is -1.02. The zero-order valence-electron chi connectivity index (χ0n) is 11.1. The molecule has 1 amide bonds. The number of phenolic OH excluding ortho intramolecular Hbond substituents is 1. The highest BCUT2D eigenvalue weighted by atomic mass is 16.4. The third-order valence-electron chi connectivity index (χ3n) is 3.50. The molecular formula is C14H18N2O4. The maximum absolute atomic E-state index is 12.2. The van der Waals surface area contributed by atoms with Crippen LogP contribution < -0.4 is 5.73 Å². The molecule has 108 valence electrons. The standard InChI is InChI=1S/C14H18N2O4/c15-12(3-4-13(18)19)14(20)16-6-5-9-1-2-11(17)7-10(9)8-16/h1-2,7,12,17H,3-6,8,15H2,(H,18,19). The van der Waals surface area contributed by atoms with Gasteiger partial charge in [0.1, 0.15) is 5.75 Å². The highest BCUT2D eigenvalue weighted by Gasteiger charge is 2.25. The minimum absolute atomic E-state index is 0.113. The second-order valence-electron chi connectivity index (χ2n) is 5.00. The summed E-state index contributed by atoms with van der Waals surface area (Å²) in [5.41, 5.74) is 7.77. The Labute approximate surface area is 116 Å². The van der Waals surface area contributed by atoms with E-state index >= 15 is 0 Å². The van der Waals surface area contributed by atoms with Crippen LogP contribution in [0.2, 0.25) is 0 Å². The molecule has 0 aromatic heterocycles. The normalized spacial score (nSPS) is 15.6. The number of aliphatic carboxylic acids is 1. The molecule has 1 heterocycles. The first-order chi connectivity index (χ1) is 9.47. The van der Waals surface area contributed by atoms with Crippen LogP contribution in [0.5, 0.6) is 5.75 Å². The number of carbonyl (C=O) groups is 2. The van der Waals surface area contributed by atoms with E-state index in [0.717, 1.165) is 11.1 Å². The zero-order valence-corrected chi connectivity index (χ0v) is 11.1. The fraction of sp³-hybridized carbons (Fsp3) is 0.429. The topological polar surface area (TPSA) is 104 Å². The highest BCUT2D eigenvalue weighted by molar-refractivity contribution is 5.82. The summed E-state index contributed by atoms with van der Waals surface area (Å²) in [4.78, 5) is 24.3. The number of hydrogen-bond acceptors (Lipinski definition) is 4. The Hall–Kier alpha value is -2.08. The average Bonchev–Trinajstić information content (AvgIpc) is 2.43. The first-order valence-corrected chi connectivity index (χ1v) is 6.54. The summed E-state index contributed by atoms with van der Waals surface area (Å²) in [7, 11) is 0. The number of nitrogens with two attached hydrogens (primary N) is 1. The molecule has 1 atom stereocenters. The quantitative estimate of drug-likeness (QED) is 0.742. The van der Waals surface area contributed by atoms with Crippen molar-refractivity contribution in [2.75, 3.05) is 6.54 Å². The van der Waals surface area contributed by atoms with Crippen molar-refractivity contribution in [2.45, 2.75) is 31.8 Å². The molecule has 0 spiro atoms. The molecule has 0 bridgehead atoms. The van der Waals surface area contributed by atoms with Crippen LogP contribution >= 0.6 is 0 Å². The first kappa shape index (κ1) is 14.3. The summed E-state index contributed by atoms with van der Waals surface area (Å²) in [6, 6.07) is 4.36. The van der Waals surface area contributed by atoms with Crippen molar-refractivity contribution in [2.24, 2.45) is 5.73 Å². The summed E-state index contributed by atoms with van der Waals surface area (Å²) < 4.78 is 0. The van der Waals surface area contributed by atoms with Crippen LogP contribution in [0.3, 0.4) is 0 Å². The third-order valence-corrected chi connectivity index (χ3v) is 3.50. The second kappa shape index (κ2) is 5.92. The van der Waals surface area contributed by atoms with Crippen molar-refractivity contribution < 1.29 is 19.8 Å². The number of phenols is 1. The lowest BCUT2D eigenvalue weighted by molar-refractivity contribution is -0.137. The van der Waals surface area contributed by atoms with Crippen LogP contribution in [0.25, 0.3) is 0 Å². The van der Waals surface area contributed by atoms with Crippen molar-refractivity contribution in [3.05, 3.63) is 29.3 Å². The van der Waals surface area contributed by atoms with Crippen LogP contribution in [0.4, 0.5) is 0 Å². The van der Waals surface area contributed by atoms with E-state index < -0.39 is 12.0 Å². The number of carbonyl (C=O) groups excluding carboxylic acids is 1. The molecule has 1 aliphatic rings. The van der Waals surface area contributed by atoms with Gasteiger partial charge in [0.25, 0.3) is 0 Å². The molecule has 2 rings (SSSR count). The Balaban J connectivity index is 2.01. The Kier molecular flexibility index (Phi) is 4.24. The van der Waals surface area contributed by atoms with Crippen LogP contribution in [-0.2, 0) is 22.6 Å². The summed E-state index contributed by atoms with van der Waals surface area (Å²) in [5, 5.41) is 18.1.